The van der Waals surface area contributed by atoms with Crippen molar-refractivity contribution >= 4 is 23.4 Å². The number of amides is 2. The van der Waals surface area contributed by atoms with Gasteiger partial charge in [0.25, 0.3) is 5.91 Å². The monoisotopic (exact) mass is 348 g/mol. The lowest BCUT2D eigenvalue weighted by molar-refractivity contribution is -0.133. The fourth-order valence-corrected chi connectivity index (χ4v) is 2.44. The van der Waals surface area contributed by atoms with Crippen molar-refractivity contribution in [2.24, 2.45) is 5.92 Å². The summed E-state index contributed by atoms with van der Waals surface area (Å²) < 4.78 is 5.07. The Kier molecular flexibility index (Phi) is 6.04. The van der Waals surface area contributed by atoms with E-state index in [0.29, 0.717) is 11.6 Å². The number of rotatable bonds is 6. The Balaban J connectivity index is 2.04. The minimum absolute atomic E-state index is 0.0518. The molecule has 0 aliphatic heterocycles. The first-order valence-electron chi connectivity index (χ1n) is 7.72. The number of carbonyl (C=O) groups excluding carboxylic acids is 2. The maximum Gasteiger partial charge on any atom is 0.287 e. The molecule has 0 aliphatic carbocycles. The summed E-state index contributed by atoms with van der Waals surface area (Å²) in [5.74, 6) is -0.412. The van der Waals surface area contributed by atoms with E-state index in [4.69, 9.17) is 16.0 Å². The number of likely N-dealkylation sites (N-methyl/N-ethyl adjacent to an activating group) is 1. The molecule has 128 valence electrons. The van der Waals surface area contributed by atoms with Crippen LogP contribution in [0.4, 0.5) is 0 Å². The molecule has 0 fully saturated rings. The van der Waals surface area contributed by atoms with Crippen LogP contribution in [0.25, 0.3) is 0 Å². The van der Waals surface area contributed by atoms with Gasteiger partial charge in [-0.1, -0.05) is 37.6 Å². The summed E-state index contributed by atoms with van der Waals surface area (Å²) in [4.78, 5) is 26.5. The van der Waals surface area contributed by atoms with Crippen molar-refractivity contribution in [3.05, 3.63) is 59.0 Å². The molecule has 0 bridgehead atoms. The third-order valence-electron chi connectivity index (χ3n) is 3.67. The minimum Gasteiger partial charge on any atom is -0.459 e. The maximum atomic E-state index is 12.7. The van der Waals surface area contributed by atoms with Crippen LogP contribution in [-0.2, 0) is 11.3 Å². The highest BCUT2D eigenvalue weighted by atomic mass is 35.5. The van der Waals surface area contributed by atoms with Crippen LogP contribution in [0.15, 0.2) is 47.1 Å². The number of furan rings is 1. The van der Waals surface area contributed by atoms with Crippen LogP contribution < -0.4 is 5.32 Å². The lowest BCUT2D eigenvalue weighted by atomic mass is 10.0. The van der Waals surface area contributed by atoms with Gasteiger partial charge in [0.1, 0.15) is 6.04 Å². The van der Waals surface area contributed by atoms with Crippen LogP contribution in [0.2, 0.25) is 5.02 Å². The van der Waals surface area contributed by atoms with Gasteiger partial charge in [-0.25, -0.2) is 0 Å². The van der Waals surface area contributed by atoms with Gasteiger partial charge in [0, 0.05) is 18.6 Å². The molecule has 24 heavy (non-hydrogen) atoms. The molecule has 6 heteroatoms. The molecule has 0 saturated heterocycles. The second-order valence-corrected chi connectivity index (χ2v) is 6.43. The molecule has 1 atom stereocenters. The number of benzene rings is 1. The molecule has 2 rings (SSSR count). The fraction of sp³-hybridized carbons (Fsp3) is 0.333. The summed E-state index contributed by atoms with van der Waals surface area (Å²) in [7, 11) is 1.71. The van der Waals surface area contributed by atoms with E-state index < -0.39 is 11.9 Å². The predicted octanol–water partition coefficient (Wildman–Crippen LogP) is 3.35. The third-order valence-corrected chi connectivity index (χ3v) is 3.93. The molecule has 0 aliphatic rings. The van der Waals surface area contributed by atoms with Crippen molar-refractivity contribution in [1.82, 2.24) is 10.2 Å². The van der Waals surface area contributed by atoms with E-state index >= 15 is 0 Å². The Labute approximate surface area is 146 Å². The first kappa shape index (κ1) is 18.1. The van der Waals surface area contributed by atoms with Gasteiger partial charge in [-0.05, 0) is 35.7 Å². The number of carbonyl (C=O) groups is 2. The van der Waals surface area contributed by atoms with Crippen LogP contribution in [0.1, 0.15) is 30.0 Å². The molecule has 5 nitrogen and oxygen atoms in total. The molecule has 2 aromatic rings. The molecule has 1 N–H and O–H groups in total. The highest BCUT2D eigenvalue weighted by Crippen LogP contribution is 2.13. The van der Waals surface area contributed by atoms with E-state index in [1.54, 1.807) is 36.2 Å². The Morgan fingerprint density at radius 1 is 1.21 bits per heavy atom. The van der Waals surface area contributed by atoms with Gasteiger partial charge in [0.05, 0.1) is 6.26 Å². The van der Waals surface area contributed by atoms with Crippen molar-refractivity contribution < 1.29 is 14.0 Å². The van der Waals surface area contributed by atoms with Crippen molar-refractivity contribution in [2.45, 2.75) is 26.4 Å². The van der Waals surface area contributed by atoms with E-state index in [0.717, 1.165) is 5.56 Å². The van der Waals surface area contributed by atoms with Crippen LogP contribution in [0.5, 0.6) is 0 Å². The van der Waals surface area contributed by atoms with Crippen molar-refractivity contribution in [3.63, 3.8) is 0 Å². The highest BCUT2D eigenvalue weighted by Gasteiger charge is 2.28. The summed E-state index contributed by atoms with van der Waals surface area (Å²) in [6, 6.07) is 9.89. The van der Waals surface area contributed by atoms with Gasteiger partial charge in [-0.2, -0.15) is 0 Å². The van der Waals surface area contributed by atoms with Crippen LogP contribution in [0.3, 0.4) is 0 Å². The SMILES string of the molecule is CC(C)C(NC(=O)c1ccco1)C(=O)N(C)Cc1ccc(Cl)cc1. The molecule has 1 aromatic heterocycles. The Hall–Kier alpha value is -2.27. The first-order chi connectivity index (χ1) is 11.4. The summed E-state index contributed by atoms with van der Waals surface area (Å²) in [5.41, 5.74) is 0.968. The first-order valence-corrected chi connectivity index (χ1v) is 8.10. The maximum absolute atomic E-state index is 12.7. The van der Waals surface area contributed by atoms with Crippen LogP contribution >= 0.6 is 11.6 Å². The standard InChI is InChI=1S/C18H21ClN2O3/c1-12(2)16(20-17(22)15-5-4-10-24-15)18(23)21(3)11-13-6-8-14(19)9-7-13/h4-10,12,16H,11H2,1-3H3,(H,20,22). The minimum atomic E-state index is -0.625. The number of hydrogen-bond acceptors (Lipinski definition) is 3. The average molecular weight is 349 g/mol. The van der Waals surface area contributed by atoms with Gasteiger partial charge in [-0.15, -0.1) is 0 Å². The van der Waals surface area contributed by atoms with E-state index in [-0.39, 0.29) is 17.6 Å². The van der Waals surface area contributed by atoms with Crippen molar-refractivity contribution in [3.8, 4) is 0 Å². The average Bonchev–Trinajstić information content (AvgIpc) is 3.08. The summed E-state index contributed by atoms with van der Waals surface area (Å²) >= 11 is 5.87. The second kappa shape index (κ2) is 8.02. The van der Waals surface area contributed by atoms with E-state index in [1.807, 2.05) is 26.0 Å². The molecular weight excluding hydrogens is 328 g/mol. The Morgan fingerprint density at radius 2 is 1.88 bits per heavy atom. The second-order valence-electron chi connectivity index (χ2n) is 5.99. The molecule has 1 heterocycles. The molecule has 2 amide bonds. The fourth-order valence-electron chi connectivity index (χ4n) is 2.31. The van der Waals surface area contributed by atoms with Gasteiger partial charge < -0.3 is 14.6 Å². The zero-order valence-electron chi connectivity index (χ0n) is 14.0. The summed E-state index contributed by atoms with van der Waals surface area (Å²) in [5, 5.41) is 3.40. The van der Waals surface area contributed by atoms with E-state index in [2.05, 4.69) is 5.32 Å². The lowest BCUT2D eigenvalue weighted by Crippen LogP contribution is -2.49. The summed E-state index contributed by atoms with van der Waals surface area (Å²) in [6.45, 7) is 4.22. The number of nitrogens with zero attached hydrogens (tertiary/aromatic N) is 1. The number of nitrogens with one attached hydrogen (secondary N) is 1. The Morgan fingerprint density at radius 3 is 2.42 bits per heavy atom. The zero-order chi connectivity index (χ0) is 17.7. The van der Waals surface area contributed by atoms with E-state index in [9.17, 15) is 9.59 Å². The van der Waals surface area contributed by atoms with Crippen molar-refractivity contribution in [2.75, 3.05) is 7.05 Å². The van der Waals surface area contributed by atoms with Gasteiger partial charge in [-0.3, -0.25) is 9.59 Å². The molecule has 1 unspecified atom stereocenters. The zero-order valence-corrected chi connectivity index (χ0v) is 14.7. The molecule has 1 aromatic carbocycles. The van der Waals surface area contributed by atoms with Gasteiger partial charge >= 0.3 is 0 Å². The lowest BCUT2D eigenvalue weighted by Gasteiger charge is -2.27. The van der Waals surface area contributed by atoms with Gasteiger partial charge in [0.15, 0.2) is 5.76 Å². The number of hydrogen-bond donors (Lipinski definition) is 1. The van der Waals surface area contributed by atoms with Crippen LogP contribution in [-0.4, -0.2) is 29.8 Å². The van der Waals surface area contributed by atoms with Gasteiger partial charge in [0.2, 0.25) is 5.91 Å². The topological polar surface area (TPSA) is 62.6 Å². The normalized spacial score (nSPS) is 12.0. The largest absolute Gasteiger partial charge is 0.459 e. The van der Waals surface area contributed by atoms with Crippen LogP contribution in [0, 0.1) is 5.92 Å². The Bertz CT molecular complexity index is 681. The number of halogens is 1. The third kappa shape index (κ3) is 4.61. The molecule has 0 spiro atoms. The van der Waals surface area contributed by atoms with Crippen molar-refractivity contribution in [1.29, 1.82) is 0 Å². The molecule has 0 radical (unpaired) electrons. The van der Waals surface area contributed by atoms with E-state index in [1.165, 1.54) is 6.26 Å². The smallest absolute Gasteiger partial charge is 0.287 e. The quantitative estimate of drug-likeness (QED) is 0.870. The predicted molar refractivity (Wildman–Crippen MR) is 92.7 cm³/mol. The summed E-state index contributed by atoms with van der Waals surface area (Å²) in [6.07, 6.45) is 1.42. The molecule has 0 saturated carbocycles. The molecular formula is C18H21ClN2O3. The highest BCUT2D eigenvalue weighted by molar-refractivity contribution is 6.30.